The maximum atomic E-state index is 13.4. The number of hydrogen-bond acceptors (Lipinski definition) is 8. The minimum absolute atomic E-state index is 0.235. The van der Waals surface area contributed by atoms with Gasteiger partial charge in [-0.1, -0.05) is 41.4 Å². The van der Waals surface area contributed by atoms with Crippen LogP contribution in [-0.2, 0) is 6.54 Å². The Morgan fingerprint density at radius 2 is 1.62 bits per heavy atom. The fraction of sp³-hybridized carbons (Fsp3) is 0.414. The van der Waals surface area contributed by atoms with Crippen molar-refractivity contribution in [3.8, 4) is 11.6 Å². The average Bonchev–Trinajstić information content (AvgIpc) is 2.95. The van der Waals surface area contributed by atoms with Crippen molar-refractivity contribution in [2.24, 2.45) is 0 Å². The van der Waals surface area contributed by atoms with Gasteiger partial charge in [-0.2, -0.15) is 4.98 Å². The van der Waals surface area contributed by atoms with E-state index in [0.29, 0.717) is 28.3 Å². The van der Waals surface area contributed by atoms with Crippen LogP contribution in [0.5, 0.6) is 11.6 Å². The number of ether oxygens (including phenoxy) is 1. The van der Waals surface area contributed by atoms with E-state index in [9.17, 15) is 4.79 Å². The lowest BCUT2D eigenvalue weighted by Crippen LogP contribution is -2.45. The number of para-hydroxylation sites is 1. The Kier molecular flexibility index (Phi) is 11.0. The quantitative estimate of drug-likeness (QED) is 0.447. The topological polar surface area (TPSA) is 85.9 Å². The zero-order valence-electron chi connectivity index (χ0n) is 23.3. The van der Waals surface area contributed by atoms with Gasteiger partial charge in [0.1, 0.15) is 11.3 Å². The minimum Gasteiger partial charge on any atom is -0.438 e. The predicted octanol–water partition coefficient (Wildman–Crippen LogP) is 4.09. The number of benzene rings is 2. The number of nitrogens with one attached hydrogen (secondary N) is 2. The highest BCUT2D eigenvalue weighted by Crippen LogP contribution is 2.29. The predicted molar refractivity (Wildman–Crippen MR) is 161 cm³/mol. The Hall–Kier alpha value is -2.95. The second-order valence-electron chi connectivity index (χ2n) is 9.99. The Balaban J connectivity index is 0.000000546. The van der Waals surface area contributed by atoms with Gasteiger partial charge in [-0.15, -0.1) is 0 Å². The van der Waals surface area contributed by atoms with E-state index in [1.54, 1.807) is 36.3 Å². The number of piperazine rings is 2. The number of aromatic nitrogens is 2. The molecule has 5 rings (SSSR count). The van der Waals surface area contributed by atoms with Crippen molar-refractivity contribution < 1.29 is 9.53 Å². The molecular weight excluding hydrogens is 549 g/mol. The summed E-state index contributed by atoms with van der Waals surface area (Å²) < 4.78 is 6.17. The highest BCUT2D eigenvalue weighted by atomic mass is 35.5. The van der Waals surface area contributed by atoms with E-state index in [-0.39, 0.29) is 17.4 Å². The van der Waals surface area contributed by atoms with Gasteiger partial charge in [0, 0.05) is 82.2 Å². The van der Waals surface area contributed by atoms with Crippen LogP contribution in [0.15, 0.2) is 48.7 Å². The molecule has 2 aliphatic rings. The third kappa shape index (κ3) is 8.52. The maximum Gasteiger partial charge on any atom is 0.260 e. The lowest BCUT2D eigenvalue weighted by molar-refractivity contribution is 0.0781. The molecule has 0 bridgehead atoms. The maximum absolute atomic E-state index is 13.4. The molecule has 2 N–H and O–H groups in total. The lowest BCUT2D eigenvalue weighted by Gasteiger charge is -2.32. The molecule has 2 saturated heterocycles. The normalized spacial score (nSPS) is 15.7. The molecule has 1 amide bonds. The number of carbonyl (C=O) groups excluding carboxylic acids is 1. The van der Waals surface area contributed by atoms with E-state index in [1.807, 2.05) is 31.2 Å². The van der Waals surface area contributed by atoms with Crippen molar-refractivity contribution in [3.63, 3.8) is 0 Å². The van der Waals surface area contributed by atoms with Gasteiger partial charge < -0.3 is 30.1 Å². The third-order valence-electron chi connectivity index (χ3n) is 6.70. The summed E-state index contributed by atoms with van der Waals surface area (Å²) in [6, 6.07) is 12.9. The van der Waals surface area contributed by atoms with Gasteiger partial charge in [0.15, 0.2) is 0 Å². The van der Waals surface area contributed by atoms with Gasteiger partial charge in [0.2, 0.25) is 11.8 Å². The van der Waals surface area contributed by atoms with Crippen LogP contribution in [0.25, 0.3) is 0 Å². The van der Waals surface area contributed by atoms with Crippen molar-refractivity contribution >= 4 is 35.1 Å². The first-order chi connectivity index (χ1) is 19.3. The van der Waals surface area contributed by atoms with E-state index in [0.717, 1.165) is 63.5 Å². The summed E-state index contributed by atoms with van der Waals surface area (Å²) in [5.41, 5.74) is 2.06. The summed E-state index contributed by atoms with van der Waals surface area (Å²) in [5, 5.41) is 7.48. The highest BCUT2D eigenvalue weighted by Gasteiger charge is 2.24. The van der Waals surface area contributed by atoms with Gasteiger partial charge >= 0.3 is 0 Å². The monoisotopic (exact) mass is 585 g/mol. The summed E-state index contributed by atoms with van der Waals surface area (Å²) in [6.07, 6.45) is 1.55. The average molecular weight is 587 g/mol. The largest absolute Gasteiger partial charge is 0.438 e. The van der Waals surface area contributed by atoms with Crippen LogP contribution < -0.4 is 20.3 Å². The minimum atomic E-state index is -0.260. The first-order valence-electron chi connectivity index (χ1n) is 13.5. The van der Waals surface area contributed by atoms with Crippen molar-refractivity contribution in [1.29, 1.82) is 0 Å². The number of likely N-dealkylation sites (N-methyl/N-ethyl adjacent to an activating group) is 1. The molecule has 3 aromatic rings. The number of nitrogens with zero attached hydrogens (tertiary/aromatic N) is 5. The van der Waals surface area contributed by atoms with E-state index >= 15 is 0 Å². The first kappa shape index (κ1) is 30.0. The lowest BCUT2D eigenvalue weighted by atomic mass is 10.2. The van der Waals surface area contributed by atoms with Crippen LogP contribution in [0.1, 0.15) is 21.5 Å². The van der Waals surface area contributed by atoms with E-state index in [4.69, 9.17) is 27.9 Å². The van der Waals surface area contributed by atoms with Crippen LogP contribution in [0, 0.1) is 6.92 Å². The first-order valence-corrected chi connectivity index (χ1v) is 14.2. The zero-order valence-corrected chi connectivity index (χ0v) is 24.8. The molecule has 11 heteroatoms. The standard InChI is InChI=1S/C25H27Cl2N5O2.C4H10N2/c1-17-6-4-5-7-22(17)34-23-21(15-28-25(29-23)32-10-8-30(2)9-11-32)24(33)31(3)16-18-12-19(26)14-20(27)13-18;1-2-6-4-3-5-1/h4-7,12-15H,8-11,16H2,1-3H3;5-6H,1-4H2. The Morgan fingerprint density at radius 1 is 1.00 bits per heavy atom. The van der Waals surface area contributed by atoms with Crippen molar-refractivity contribution in [2.45, 2.75) is 13.5 Å². The number of amides is 1. The fourth-order valence-electron chi connectivity index (χ4n) is 4.37. The molecule has 2 fully saturated rings. The number of carbonyl (C=O) groups is 1. The molecule has 0 saturated carbocycles. The van der Waals surface area contributed by atoms with Gasteiger partial charge in [-0.3, -0.25) is 4.79 Å². The van der Waals surface area contributed by atoms with Gasteiger partial charge in [0.25, 0.3) is 5.91 Å². The zero-order chi connectivity index (χ0) is 28.5. The molecule has 3 heterocycles. The molecule has 0 atom stereocenters. The summed E-state index contributed by atoms with van der Waals surface area (Å²) in [6.45, 7) is 10.3. The fourth-order valence-corrected chi connectivity index (χ4v) is 4.94. The number of aryl methyl sites for hydroxylation is 1. The van der Waals surface area contributed by atoms with Crippen LogP contribution in [0.4, 0.5) is 5.95 Å². The molecular formula is C29H37Cl2N7O2. The van der Waals surface area contributed by atoms with Gasteiger partial charge in [-0.25, -0.2) is 4.98 Å². The number of rotatable bonds is 6. The molecule has 214 valence electrons. The summed E-state index contributed by atoms with van der Waals surface area (Å²) in [4.78, 5) is 28.6. The number of anilines is 1. The molecule has 0 radical (unpaired) electrons. The molecule has 2 aliphatic heterocycles. The number of halogens is 2. The van der Waals surface area contributed by atoms with E-state index < -0.39 is 0 Å². The Bertz CT molecular complexity index is 1250. The Morgan fingerprint density at radius 3 is 2.23 bits per heavy atom. The third-order valence-corrected chi connectivity index (χ3v) is 7.14. The summed E-state index contributed by atoms with van der Waals surface area (Å²) in [7, 11) is 3.80. The molecule has 0 spiro atoms. The van der Waals surface area contributed by atoms with Gasteiger partial charge in [0.05, 0.1) is 0 Å². The van der Waals surface area contributed by atoms with Crippen molar-refractivity contribution in [3.05, 3.63) is 75.4 Å². The van der Waals surface area contributed by atoms with Crippen LogP contribution in [-0.4, -0.2) is 92.1 Å². The molecule has 2 aromatic carbocycles. The van der Waals surface area contributed by atoms with Crippen LogP contribution >= 0.6 is 23.2 Å². The molecule has 9 nitrogen and oxygen atoms in total. The van der Waals surface area contributed by atoms with Crippen molar-refractivity contribution in [1.82, 2.24) is 30.4 Å². The second kappa shape index (κ2) is 14.6. The van der Waals surface area contributed by atoms with Crippen molar-refractivity contribution in [2.75, 3.05) is 71.4 Å². The smallest absolute Gasteiger partial charge is 0.260 e. The Labute approximate surface area is 246 Å². The summed E-state index contributed by atoms with van der Waals surface area (Å²) >= 11 is 12.3. The second-order valence-corrected chi connectivity index (χ2v) is 10.9. The highest BCUT2D eigenvalue weighted by molar-refractivity contribution is 6.34. The molecule has 40 heavy (non-hydrogen) atoms. The summed E-state index contributed by atoms with van der Waals surface area (Å²) in [5.74, 6) is 1.17. The van der Waals surface area contributed by atoms with Crippen LogP contribution in [0.3, 0.4) is 0 Å². The van der Waals surface area contributed by atoms with Crippen LogP contribution in [0.2, 0.25) is 10.0 Å². The van der Waals surface area contributed by atoms with Gasteiger partial charge in [-0.05, 0) is 49.4 Å². The van der Waals surface area contributed by atoms with E-state index in [2.05, 4.69) is 37.4 Å². The van der Waals surface area contributed by atoms with E-state index in [1.165, 1.54) is 0 Å². The molecule has 0 unspecified atom stereocenters. The SMILES string of the molecule is C1CNCCN1.Cc1ccccc1Oc1nc(N2CCN(C)CC2)ncc1C(=O)N(C)Cc1cc(Cl)cc(Cl)c1. The molecule has 1 aromatic heterocycles. The number of hydrogen-bond donors (Lipinski definition) is 2. The molecule has 0 aliphatic carbocycles.